The molecule has 2 rings (SSSR count). The van der Waals surface area contributed by atoms with Crippen molar-refractivity contribution in [2.24, 2.45) is 5.92 Å². The van der Waals surface area contributed by atoms with Crippen LogP contribution in [0.4, 0.5) is 0 Å². The quantitative estimate of drug-likeness (QED) is 0.728. The molecule has 0 aromatic heterocycles. The van der Waals surface area contributed by atoms with Crippen molar-refractivity contribution in [2.45, 2.75) is 50.3 Å². The Kier molecular flexibility index (Phi) is 4.66. The normalized spacial score (nSPS) is 17.0. The van der Waals surface area contributed by atoms with E-state index in [0.29, 0.717) is 11.0 Å². The summed E-state index contributed by atoms with van der Waals surface area (Å²) in [6.07, 6.45) is 7.25. The summed E-state index contributed by atoms with van der Waals surface area (Å²) in [6.45, 7) is 2.07. The van der Waals surface area contributed by atoms with Crippen LogP contribution in [0.1, 0.15) is 44.1 Å². The molecule has 0 saturated heterocycles. The monoisotopic (exact) mass is 248 g/mol. The molecule has 1 nitrogen and oxygen atoms in total. The molecule has 0 spiro atoms. The number of carbonyl (C=O) groups excluding carboxylic acids is 1. The molecule has 2 heteroatoms. The number of hydrogen-bond donors (Lipinski definition) is 0. The van der Waals surface area contributed by atoms with Gasteiger partial charge in [0.1, 0.15) is 0 Å². The van der Waals surface area contributed by atoms with Gasteiger partial charge in [0.15, 0.2) is 5.12 Å². The number of rotatable bonds is 3. The van der Waals surface area contributed by atoms with Crippen LogP contribution < -0.4 is 0 Å². The van der Waals surface area contributed by atoms with Gasteiger partial charge < -0.3 is 0 Å². The lowest BCUT2D eigenvalue weighted by molar-refractivity contribution is -0.112. The number of aryl methyl sites for hydroxylation is 1. The second-order valence-electron chi connectivity index (χ2n) is 5.00. The highest BCUT2D eigenvalue weighted by Gasteiger charge is 2.17. The summed E-state index contributed by atoms with van der Waals surface area (Å²) in [5.41, 5.74) is 1.24. The molecule has 17 heavy (non-hydrogen) atoms. The van der Waals surface area contributed by atoms with Crippen LogP contribution in [0, 0.1) is 12.8 Å². The third-order valence-corrected chi connectivity index (χ3v) is 4.33. The van der Waals surface area contributed by atoms with Gasteiger partial charge in [0.2, 0.25) is 0 Å². The largest absolute Gasteiger partial charge is 0.287 e. The van der Waals surface area contributed by atoms with Gasteiger partial charge in [-0.15, -0.1) is 0 Å². The van der Waals surface area contributed by atoms with Crippen molar-refractivity contribution in [3.63, 3.8) is 0 Å². The molecule has 1 saturated carbocycles. The Labute approximate surface area is 108 Å². The van der Waals surface area contributed by atoms with Gasteiger partial charge in [0, 0.05) is 11.3 Å². The second kappa shape index (κ2) is 6.25. The van der Waals surface area contributed by atoms with Crippen LogP contribution in [-0.4, -0.2) is 5.12 Å². The van der Waals surface area contributed by atoms with Crippen molar-refractivity contribution in [3.05, 3.63) is 29.8 Å². The Morgan fingerprint density at radius 2 is 1.82 bits per heavy atom. The van der Waals surface area contributed by atoms with Crippen LogP contribution in [0.25, 0.3) is 0 Å². The number of carbonyl (C=O) groups is 1. The van der Waals surface area contributed by atoms with E-state index < -0.39 is 0 Å². The van der Waals surface area contributed by atoms with E-state index in [9.17, 15) is 4.79 Å². The van der Waals surface area contributed by atoms with E-state index in [0.717, 1.165) is 11.3 Å². The molecule has 0 amide bonds. The second-order valence-corrected chi connectivity index (χ2v) is 6.13. The molecule has 92 valence electrons. The van der Waals surface area contributed by atoms with E-state index in [4.69, 9.17) is 0 Å². The number of benzene rings is 1. The summed E-state index contributed by atoms with van der Waals surface area (Å²) in [4.78, 5) is 13.0. The van der Waals surface area contributed by atoms with Crippen LogP contribution in [0.3, 0.4) is 0 Å². The average Bonchev–Trinajstić information content (AvgIpc) is 2.33. The van der Waals surface area contributed by atoms with Crippen molar-refractivity contribution >= 4 is 16.9 Å². The third-order valence-electron chi connectivity index (χ3n) is 3.43. The van der Waals surface area contributed by atoms with Crippen molar-refractivity contribution in [1.82, 2.24) is 0 Å². The molecular formula is C15H20OS. The van der Waals surface area contributed by atoms with Gasteiger partial charge in [-0.25, -0.2) is 0 Å². The molecule has 1 aromatic rings. The zero-order valence-corrected chi connectivity index (χ0v) is 11.3. The minimum Gasteiger partial charge on any atom is -0.287 e. The van der Waals surface area contributed by atoms with E-state index >= 15 is 0 Å². The molecule has 0 atom stereocenters. The Morgan fingerprint density at radius 1 is 1.18 bits per heavy atom. The summed E-state index contributed by atoms with van der Waals surface area (Å²) < 4.78 is 0. The molecule has 0 N–H and O–H groups in total. The van der Waals surface area contributed by atoms with Gasteiger partial charge in [-0.1, -0.05) is 48.7 Å². The van der Waals surface area contributed by atoms with E-state index in [-0.39, 0.29) is 0 Å². The highest BCUT2D eigenvalue weighted by atomic mass is 32.2. The summed E-state index contributed by atoms with van der Waals surface area (Å²) in [6, 6.07) is 8.21. The van der Waals surface area contributed by atoms with Gasteiger partial charge in [-0.2, -0.15) is 0 Å². The fourth-order valence-electron chi connectivity index (χ4n) is 2.41. The number of thioether (sulfide) groups is 1. The van der Waals surface area contributed by atoms with Gasteiger partial charge in [-0.3, -0.25) is 4.79 Å². The third kappa shape index (κ3) is 4.19. The van der Waals surface area contributed by atoms with E-state index in [1.165, 1.54) is 49.4 Å². The predicted molar refractivity (Wildman–Crippen MR) is 73.2 cm³/mol. The minimum absolute atomic E-state index is 0.334. The molecular weight excluding hydrogens is 228 g/mol. The van der Waals surface area contributed by atoms with Crippen LogP contribution in [-0.2, 0) is 4.79 Å². The molecule has 0 unspecified atom stereocenters. The Morgan fingerprint density at radius 3 is 2.47 bits per heavy atom. The first-order valence-electron chi connectivity index (χ1n) is 6.51. The maximum Gasteiger partial charge on any atom is 0.193 e. The van der Waals surface area contributed by atoms with Gasteiger partial charge in [-0.05, 0) is 37.8 Å². The zero-order valence-electron chi connectivity index (χ0n) is 10.4. The molecule has 0 bridgehead atoms. The highest BCUT2D eigenvalue weighted by molar-refractivity contribution is 8.13. The molecule has 0 heterocycles. The highest BCUT2D eigenvalue weighted by Crippen LogP contribution is 2.30. The molecule has 0 radical (unpaired) electrons. The van der Waals surface area contributed by atoms with Crippen molar-refractivity contribution in [2.75, 3.05) is 0 Å². The number of hydrogen-bond acceptors (Lipinski definition) is 2. The van der Waals surface area contributed by atoms with E-state index in [2.05, 4.69) is 19.1 Å². The van der Waals surface area contributed by atoms with Crippen LogP contribution in [0.2, 0.25) is 0 Å². The lowest BCUT2D eigenvalue weighted by Crippen LogP contribution is -2.09. The average molecular weight is 248 g/mol. The lowest BCUT2D eigenvalue weighted by Gasteiger charge is -2.20. The Balaban J connectivity index is 1.82. The van der Waals surface area contributed by atoms with Crippen LogP contribution >= 0.6 is 11.8 Å². The Bertz CT molecular complexity index is 363. The molecule has 1 aliphatic carbocycles. The molecule has 1 fully saturated rings. The van der Waals surface area contributed by atoms with Crippen LogP contribution in [0.15, 0.2) is 29.2 Å². The first-order valence-corrected chi connectivity index (χ1v) is 7.33. The molecule has 0 aliphatic heterocycles. The van der Waals surface area contributed by atoms with Crippen molar-refractivity contribution in [1.29, 1.82) is 0 Å². The summed E-state index contributed by atoms with van der Waals surface area (Å²) in [7, 11) is 0. The summed E-state index contributed by atoms with van der Waals surface area (Å²) in [5, 5.41) is 0.334. The maximum absolute atomic E-state index is 11.9. The SMILES string of the molecule is Cc1ccc(SC(=O)CC2CCCCC2)cc1. The standard InChI is InChI=1S/C15H20OS/c1-12-7-9-14(10-8-12)17-15(16)11-13-5-3-2-4-6-13/h7-10,13H,2-6,11H2,1H3. The van der Waals surface area contributed by atoms with Gasteiger partial charge in [0.25, 0.3) is 0 Å². The molecule has 1 aliphatic rings. The van der Waals surface area contributed by atoms with Crippen molar-refractivity contribution in [3.8, 4) is 0 Å². The minimum atomic E-state index is 0.334. The Hall–Kier alpha value is -0.760. The fourth-order valence-corrected chi connectivity index (χ4v) is 3.26. The zero-order chi connectivity index (χ0) is 12.1. The lowest BCUT2D eigenvalue weighted by atomic mass is 9.87. The first-order chi connectivity index (χ1) is 8.24. The fraction of sp³-hybridized carbons (Fsp3) is 0.533. The summed E-state index contributed by atoms with van der Waals surface area (Å²) >= 11 is 1.41. The van der Waals surface area contributed by atoms with Crippen molar-refractivity contribution < 1.29 is 4.79 Å². The smallest absolute Gasteiger partial charge is 0.193 e. The van der Waals surface area contributed by atoms with E-state index in [1.54, 1.807) is 0 Å². The first kappa shape index (κ1) is 12.7. The molecule has 1 aromatic carbocycles. The maximum atomic E-state index is 11.9. The summed E-state index contributed by atoms with van der Waals surface area (Å²) in [5.74, 6) is 0.647. The van der Waals surface area contributed by atoms with Gasteiger partial charge in [0.05, 0.1) is 0 Å². The van der Waals surface area contributed by atoms with E-state index in [1.807, 2.05) is 12.1 Å². The van der Waals surface area contributed by atoms with Crippen LogP contribution in [0.5, 0.6) is 0 Å². The van der Waals surface area contributed by atoms with Gasteiger partial charge >= 0.3 is 0 Å². The predicted octanol–water partition coefficient (Wildman–Crippen LogP) is 4.58. The topological polar surface area (TPSA) is 17.1 Å².